The number of anilines is 2. The Kier molecular flexibility index (Phi) is 4.31. The van der Waals surface area contributed by atoms with E-state index in [2.05, 4.69) is 10.3 Å². The molecule has 7 heteroatoms. The molecule has 0 spiro atoms. The summed E-state index contributed by atoms with van der Waals surface area (Å²) in [6.45, 7) is 0.559. The Labute approximate surface area is 121 Å². The number of nitriles is 1. The van der Waals surface area contributed by atoms with Gasteiger partial charge in [0.2, 0.25) is 0 Å². The maximum Gasteiger partial charge on any atom is 0.289 e. The average molecular weight is 283 g/mol. The molecular formula is C14H13N5O2. The highest BCUT2D eigenvalue weighted by atomic mass is 16.6. The summed E-state index contributed by atoms with van der Waals surface area (Å²) in [5.74, 6) is 0.346. The molecule has 0 bridgehead atoms. The second kappa shape index (κ2) is 6.34. The summed E-state index contributed by atoms with van der Waals surface area (Å²) in [7, 11) is 0. The summed E-state index contributed by atoms with van der Waals surface area (Å²) >= 11 is 0. The fraction of sp³-hybridized carbons (Fsp3) is 0.143. The zero-order chi connectivity index (χ0) is 15.2. The molecular weight excluding hydrogens is 270 g/mol. The maximum absolute atomic E-state index is 10.6. The first kappa shape index (κ1) is 14.3. The van der Waals surface area contributed by atoms with Crippen LogP contribution in [0.5, 0.6) is 0 Å². The van der Waals surface area contributed by atoms with Crippen molar-refractivity contribution in [1.29, 1.82) is 5.26 Å². The van der Waals surface area contributed by atoms with E-state index >= 15 is 0 Å². The third-order valence-corrected chi connectivity index (χ3v) is 2.89. The standard InChI is InChI=1S/C14H13N5O2/c15-8-11-7-13(19(20)21)9-18-14(11)17-6-5-10-1-3-12(16)4-2-10/h1-4,7,9H,5-6,16H2,(H,17,18). The highest BCUT2D eigenvalue weighted by Crippen LogP contribution is 2.18. The molecule has 0 fully saturated rings. The van der Waals surface area contributed by atoms with Gasteiger partial charge in [0.15, 0.2) is 0 Å². The van der Waals surface area contributed by atoms with E-state index in [1.165, 1.54) is 6.07 Å². The van der Waals surface area contributed by atoms with Gasteiger partial charge in [-0.2, -0.15) is 5.26 Å². The average Bonchev–Trinajstić information content (AvgIpc) is 2.49. The minimum absolute atomic E-state index is 0.154. The Hall–Kier alpha value is -3.14. The van der Waals surface area contributed by atoms with Crippen LogP contribution >= 0.6 is 0 Å². The number of hydrogen-bond acceptors (Lipinski definition) is 6. The summed E-state index contributed by atoms with van der Waals surface area (Å²) < 4.78 is 0. The van der Waals surface area contributed by atoms with Crippen LogP contribution in [0.15, 0.2) is 36.5 Å². The van der Waals surface area contributed by atoms with Crippen LogP contribution in [0.25, 0.3) is 0 Å². The summed E-state index contributed by atoms with van der Waals surface area (Å²) in [5, 5.41) is 22.6. The Balaban J connectivity index is 2.01. The third-order valence-electron chi connectivity index (χ3n) is 2.89. The van der Waals surface area contributed by atoms with Crippen LogP contribution in [0.1, 0.15) is 11.1 Å². The second-order valence-electron chi connectivity index (χ2n) is 4.38. The Morgan fingerprint density at radius 2 is 2.10 bits per heavy atom. The number of nitrogens with two attached hydrogens (primary N) is 1. The first-order valence-electron chi connectivity index (χ1n) is 6.23. The minimum Gasteiger partial charge on any atom is -0.399 e. The van der Waals surface area contributed by atoms with Gasteiger partial charge in [-0.25, -0.2) is 4.98 Å². The number of nitrogen functional groups attached to an aromatic ring is 1. The van der Waals surface area contributed by atoms with E-state index in [0.29, 0.717) is 18.1 Å². The molecule has 0 aliphatic carbocycles. The van der Waals surface area contributed by atoms with Crippen molar-refractivity contribution in [2.24, 2.45) is 0 Å². The Bertz CT molecular complexity index is 692. The van der Waals surface area contributed by atoms with Crippen molar-refractivity contribution >= 4 is 17.2 Å². The molecule has 7 nitrogen and oxygen atoms in total. The number of aromatic nitrogens is 1. The smallest absolute Gasteiger partial charge is 0.289 e. The molecule has 1 aromatic carbocycles. The van der Waals surface area contributed by atoms with E-state index in [-0.39, 0.29) is 11.3 Å². The molecule has 0 saturated carbocycles. The largest absolute Gasteiger partial charge is 0.399 e. The SMILES string of the molecule is N#Cc1cc([N+](=O)[O-])cnc1NCCc1ccc(N)cc1. The van der Waals surface area contributed by atoms with E-state index in [4.69, 9.17) is 11.0 Å². The minimum atomic E-state index is -0.577. The number of benzene rings is 1. The van der Waals surface area contributed by atoms with Gasteiger partial charge in [0.25, 0.3) is 5.69 Å². The molecule has 2 rings (SSSR count). The van der Waals surface area contributed by atoms with Gasteiger partial charge in [-0.1, -0.05) is 12.1 Å². The van der Waals surface area contributed by atoms with Crippen molar-refractivity contribution in [3.05, 3.63) is 57.8 Å². The fourth-order valence-corrected chi connectivity index (χ4v) is 1.79. The molecule has 0 atom stereocenters. The van der Waals surface area contributed by atoms with E-state index < -0.39 is 4.92 Å². The molecule has 0 radical (unpaired) electrons. The lowest BCUT2D eigenvalue weighted by molar-refractivity contribution is -0.385. The number of nitrogens with zero attached hydrogens (tertiary/aromatic N) is 3. The van der Waals surface area contributed by atoms with Crippen molar-refractivity contribution in [3.63, 3.8) is 0 Å². The lowest BCUT2D eigenvalue weighted by atomic mass is 10.1. The maximum atomic E-state index is 10.6. The van der Waals surface area contributed by atoms with Crippen molar-refractivity contribution in [3.8, 4) is 6.07 Å². The van der Waals surface area contributed by atoms with Crippen LogP contribution in [0.2, 0.25) is 0 Å². The molecule has 0 unspecified atom stereocenters. The highest BCUT2D eigenvalue weighted by molar-refractivity contribution is 5.55. The first-order chi connectivity index (χ1) is 10.1. The van der Waals surface area contributed by atoms with Gasteiger partial charge >= 0.3 is 0 Å². The van der Waals surface area contributed by atoms with E-state index in [0.717, 1.165) is 18.2 Å². The molecule has 0 aliphatic rings. The number of nitrogens with one attached hydrogen (secondary N) is 1. The van der Waals surface area contributed by atoms with Crippen molar-refractivity contribution in [2.45, 2.75) is 6.42 Å². The van der Waals surface area contributed by atoms with Gasteiger partial charge in [0.05, 0.1) is 4.92 Å². The van der Waals surface area contributed by atoms with Gasteiger partial charge in [-0.15, -0.1) is 0 Å². The van der Waals surface area contributed by atoms with Gasteiger partial charge in [-0.3, -0.25) is 10.1 Å². The predicted molar refractivity (Wildman–Crippen MR) is 78.7 cm³/mol. The molecule has 3 N–H and O–H groups in total. The van der Waals surface area contributed by atoms with E-state index in [1.54, 1.807) is 0 Å². The molecule has 1 aromatic heterocycles. The predicted octanol–water partition coefficient (Wildman–Crippen LogP) is 2.10. The topological polar surface area (TPSA) is 118 Å². The Morgan fingerprint density at radius 1 is 1.38 bits per heavy atom. The number of nitro groups is 1. The summed E-state index contributed by atoms with van der Waals surface area (Å²) in [6, 6.07) is 10.6. The molecule has 1 heterocycles. The fourth-order valence-electron chi connectivity index (χ4n) is 1.79. The summed E-state index contributed by atoms with van der Waals surface area (Å²) in [4.78, 5) is 14.0. The Morgan fingerprint density at radius 3 is 2.71 bits per heavy atom. The lowest BCUT2D eigenvalue weighted by Gasteiger charge is -2.07. The van der Waals surface area contributed by atoms with Gasteiger partial charge in [-0.05, 0) is 24.1 Å². The van der Waals surface area contributed by atoms with Gasteiger partial charge < -0.3 is 11.1 Å². The molecule has 0 aliphatic heterocycles. The van der Waals surface area contributed by atoms with Gasteiger partial charge in [0.1, 0.15) is 23.6 Å². The van der Waals surface area contributed by atoms with Crippen LogP contribution in [0, 0.1) is 21.4 Å². The second-order valence-corrected chi connectivity index (χ2v) is 4.38. The summed E-state index contributed by atoms with van der Waals surface area (Å²) in [5.41, 5.74) is 7.36. The normalized spacial score (nSPS) is 9.86. The zero-order valence-corrected chi connectivity index (χ0v) is 11.1. The van der Waals surface area contributed by atoms with E-state index in [9.17, 15) is 10.1 Å². The highest BCUT2D eigenvalue weighted by Gasteiger charge is 2.11. The van der Waals surface area contributed by atoms with Crippen LogP contribution in [-0.4, -0.2) is 16.5 Å². The van der Waals surface area contributed by atoms with Gasteiger partial charge in [0, 0.05) is 18.3 Å². The first-order valence-corrected chi connectivity index (χ1v) is 6.23. The molecule has 0 amide bonds. The van der Waals surface area contributed by atoms with Crippen molar-refractivity contribution < 1.29 is 4.92 Å². The molecule has 106 valence electrons. The number of hydrogen-bond donors (Lipinski definition) is 2. The van der Waals surface area contributed by atoms with Crippen LogP contribution in [0.3, 0.4) is 0 Å². The molecule has 0 saturated heterocycles. The van der Waals surface area contributed by atoms with Crippen molar-refractivity contribution in [1.82, 2.24) is 4.98 Å². The molecule has 2 aromatic rings. The van der Waals surface area contributed by atoms with Crippen LogP contribution < -0.4 is 11.1 Å². The van der Waals surface area contributed by atoms with Crippen LogP contribution in [0.4, 0.5) is 17.2 Å². The molecule has 21 heavy (non-hydrogen) atoms. The zero-order valence-electron chi connectivity index (χ0n) is 11.1. The summed E-state index contributed by atoms with van der Waals surface area (Å²) in [6.07, 6.45) is 1.86. The number of pyridine rings is 1. The van der Waals surface area contributed by atoms with E-state index in [1.807, 2.05) is 30.3 Å². The van der Waals surface area contributed by atoms with Crippen molar-refractivity contribution in [2.75, 3.05) is 17.6 Å². The monoisotopic (exact) mass is 283 g/mol. The quantitative estimate of drug-likeness (QED) is 0.493. The number of rotatable bonds is 5. The lowest BCUT2D eigenvalue weighted by Crippen LogP contribution is -2.08. The van der Waals surface area contributed by atoms with Crippen LogP contribution in [-0.2, 0) is 6.42 Å². The third kappa shape index (κ3) is 3.67.